The molecule has 16 heavy (non-hydrogen) atoms. The van der Waals surface area contributed by atoms with Crippen molar-refractivity contribution in [3.63, 3.8) is 0 Å². The molecule has 1 atom stereocenters. The van der Waals surface area contributed by atoms with Crippen molar-refractivity contribution in [3.05, 3.63) is 28.2 Å². The molecule has 0 spiro atoms. The molecule has 1 unspecified atom stereocenters. The van der Waals surface area contributed by atoms with E-state index in [1.54, 1.807) is 0 Å². The summed E-state index contributed by atoms with van der Waals surface area (Å²) < 4.78 is 6.60. The Bertz CT molecular complexity index is 328. The van der Waals surface area contributed by atoms with Gasteiger partial charge in [-0.3, -0.25) is 0 Å². The molecule has 0 fully saturated rings. The number of ether oxygens (including phenoxy) is 1. The topological polar surface area (TPSA) is 35.2 Å². The first-order chi connectivity index (χ1) is 7.63. The summed E-state index contributed by atoms with van der Waals surface area (Å²) in [5.74, 6) is 0.637. The van der Waals surface area contributed by atoms with Crippen LogP contribution in [0.3, 0.4) is 0 Å². The quantitative estimate of drug-likeness (QED) is 0.803. The SMILES string of the molecule is CCCC(C)COCc1ccc(Br)c(N)c1. The number of nitrogens with two attached hydrogens (primary N) is 1. The minimum atomic E-state index is 0.637. The third-order valence-electron chi connectivity index (χ3n) is 2.51. The number of halogens is 1. The maximum atomic E-state index is 5.80. The molecule has 1 rings (SSSR count). The molecule has 2 N–H and O–H groups in total. The zero-order valence-electron chi connectivity index (χ0n) is 10.0. The van der Waals surface area contributed by atoms with Crippen LogP contribution in [-0.2, 0) is 11.3 Å². The van der Waals surface area contributed by atoms with Gasteiger partial charge in [-0.2, -0.15) is 0 Å². The highest BCUT2D eigenvalue weighted by Gasteiger charge is 2.02. The maximum Gasteiger partial charge on any atom is 0.0717 e. The standard InChI is InChI=1S/C13H20BrNO/c1-3-4-10(2)8-16-9-11-5-6-12(14)13(15)7-11/h5-7,10H,3-4,8-9,15H2,1-2H3. The van der Waals surface area contributed by atoms with E-state index in [1.165, 1.54) is 12.8 Å². The predicted octanol–water partition coefficient (Wildman–Crippen LogP) is 3.98. The molecule has 2 nitrogen and oxygen atoms in total. The molecule has 0 aliphatic heterocycles. The van der Waals surface area contributed by atoms with Gasteiger partial charge in [0.1, 0.15) is 0 Å². The normalized spacial score (nSPS) is 12.7. The lowest BCUT2D eigenvalue weighted by Crippen LogP contribution is -2.05. The molecule has 3 heteroatoms. The zero-order chi connectivity index (χ0) is 12.0. The maximum absolute atomic E-state index is 5.80. The Morgan fingerprint density at radius 2 is 2.19 bits per heavy atom. The Morgan fingerprint density at radius 3 is 2.81 bits per heavy atom. The Hall–Kier alpha value is -0.540. The van der Waals surface area contributed by atoms with Gasteiger partial charge in [0.15, 0.2) is 0 Å². The van der Waals surface area contributed by atoms with Crippen LogP contribution in [0.1, 0.15) is 32.3 Å². The van der Waals surface area contributed by atoms with Crippen LogP contribution in [0, 0.1) is 5.92 Å². The van der Waals surface area contributed by atoms with Crippen molar-refractivity contribution < 1.29 is 4.74 Å². The van der Waals surface area contributed by atoms with Gasteiger partial charge in [-0.05, 0) is 46.0 Å². The average molecular weight is 286 g/mol. The first kappa shape index (κ1) is 13.5. The Kier molecular flexibility index (Phi) is 5.85. The molecule has 0 aliphatic carbocycles. The summed E-state index contributed by atoms with van der Waals surface area (Å²) in [6, 6.07) is 5.95. The third kappa shape index (κ3) is 4.54. The fraction of sp³-hybridized carbons (Fsp3) is 0.538. The van der Waals surface area contributed by atoms with Crippen molar-refractivity contribution in [2.75, 3.05) is 12.3 Å². The lowest BCUT2D eigenvalue weighted by Gasteiger charge is -2.11. The van der Waals surface area contributed by atoms with Crippen LogP contribution in [0.4, 0.5) is 5.69 Å². The average Bonchev–Trinajstić information content (AvgIpc) is 2.24. The molecule has 0 radical (unpaired) electrons. The van der Waals surface area contributed by atoms with Gasteiger partial charge in [-0.1, -0.05) is 26.3 Å². The minimum Gasteiger partial charge on any atom is -0.398 e. The lowest BCUT2D eigenvalue weighted by molar-refractivity contribution is 0.0894. The van der Waals surface area contributed by atoms with Crippen LogP contribution in [0.25, 0.3) is 0 Å². The largest absolute Gasteiger partial charge is 0.398 e. The molecule has 0 aliphatic rings. The van der Waals surface area contributed by atoms with Crippen molar-refractivity contribution in [3.8, 4) is 0 Å². The molecule has 1 aromatic carbocycles. The summed E-state index contributed by atoms with van der Waals surface area (Å²) in [6.07, 6.45) is 2.44. The second-order valence-corrected chi connectivity index (χ2v) is 5.12. The summed E-state index contributed by atoms with van der Waals surface area (Å²) in [5.41, 5.74) is 7.69. The van der Waals surface area contributed by atoms with Crippen LogP contribution in [0.5, 0.6) is 0 Å². The van der Waals surface area contributed by atoms with E-state index < -0.39 is 0 Å². The fourth-order valence-electron chi connectivity index (χ4n) is 1.64. The highest BCUT2D eigenvalue weighted by molar-refractivity contribution is 9.10. The van der Waals surface area contributed by atoms with Crippen LogP contribution in [0.15, 0.2) is 22.7 Å². The molecule has 0 amide bonds. The van der Waals surface area contributed by atoms with Gasteiger partial charge < -0.3 is 10.5 Å². The Morgan fingerprint density at radius 1 is 1.44 bits per heavy atom. The van der Waals surface area contributed by atoms with E-state index in [9.17, 15) is 0 Å². The number of hydrogen-bond acceptors (Lipinski definition) is 2. The van der Waals surface area contributed by atoms with Crippen molar-refractivity contribution in [1.29, 1.82) is 0 Å². The Balaban J connectivity index is 2.34. The van der Waals surface area contributed by atoms with E-state index in [1.807, 2.05) is 18.2 Å². The van der Waals surface area contributed by atoms with Gasteiger partial charge in [-0.25, -0.2) is 0 Å². The van der Waals surface area contributed by atoms with Crippen molar-refractivity contribution in [2.45, 2.75) is 33.3 Å². The highest BCUT2D eigenvalue weighted by Crippen LogP contribution is 2.20. The van der Waals surface area contributed by atoms with Crippen molar-refractivity contribution in [1.82, 2.24) is 0 Å². The second-order valence-electron chi connectivity index (χ2n) is 4.26. The number of benzene rings is 1. The summed E-state index contributed by atoms with van der Waals surface area (Å²) in [7, 11) is 0. The molecular formula is C13H20BrNO. The number of rotatable bonds is 6. The summed E-state index contributed by atoms with van der Waals surface area (Å²) in [5, 5.41) is 0. The second kappa shape index (κ2) is 6.92. The van der Waals surface area contributed by atoms with Gasteiger partial charge in [-0.15, -0.1) is 0 Å². The minimum absolute atomic E-state index is 0.637. The lowest BCUT2D eigenvalue weighted by atomic mass is 10.1. The predicted molar refractivity (Wildman–Crippen MR) is 72.3 cm³/mol. The summed E-state index contributed by atoms with van der Waals surface area (Å²) >= 11 is 3.38. The van der Waals surface area contributed by atoms with Gasteiger partial charge >= 0.3 is 0 Å². The molecule has 0 heterocycles. The Labute approximate surface area is 106 Å². The molecule has 90 valence electrons. The fourth-order valence-corrected chi connectivity index (χ4v) is 1.88. The summed E-state index contributed by atoms with van der Waals surface area (Å²) in [4.78, 5) is 0. The van der Waals surface area contributed by atoms with E-state index in [4.69, 9.17) is 10.5 Å². The summed E-state index contributed by atoms with van der Waals surface area (Å²) in [6.45, 7) is 5.89. The molecule has 0 saturated heterocycles. The first-order valence-corrected chi connectivity index (χ1v) is 6.54. The molecule has 1 aromatic rings. The first-order valence-electron chi connectivity index (χ1n) is 5.75. The van der Waals surface area contributed by atoms with Crippen LogP contribution < -0.4 is 5.73 Å². The zero-order valence-corrected chi connectivity index (χ0v) is 11.6. The van der Waals surface area contributed by atoms with Crippen molar-refractivity contribution in [2.24, 2.45) is 5.92 Å². The van der Waals surface area contributed by atoms with Crippen LogP contribution in [-0.4, -0.2) is 6.61 Å². The molecular weight excluding hydrogens is 266 g/mol. The monoisotopic (exact) mass is 285 g/mol. The number of hydrogen-bond donors (Lipinski definition) is 1. The molecule has 0 aromatic heterocycles. The van der Waals surface area contributed by atoms with E-state index >= 15 is 0 Å². The highest BCUT2D eigenvalue weighted by atomic mass is 79.9. The van der Waals surface area contributed by atoms with E-state index in [0.717, 1.165) is 22.3 Å². The number of nitrogen functional groups attached to an aromatic ring is 1. The molecule has 0 saturated carbocycles. The number of anilines is 1. The van der Waals surface area contributed by atoms with Gasteiger partial charge in [0.2, 0.25) is 0 Å². The van der Waals surface area contributed by atoms with E-state index in [0.29, 0.717) is 12.5 Å². The third-order valence-corrected chi connectivity index (χ3v) is 3.24. The van der Waals surface area contributed by atoms with E-state index in [2.05, 4.69) is 29.8 Å². The van der Waals surface area contributed by atoms with E-state index in [-0.39, 0.29) is 0 Å². The van der Waals surface area contributed by atoms with Crippen molar-refractivity contribution >= 4 is 21.6 Å². The van der Waals surface area contributed by atoms with Crippen LogP contribution in [0.2, 0.25) is 0 Å². The van der Waals surface area contributed by atoms with Crippen LogP contribution >= 0.6 is 15.9 Å². The van der Waals surface area contributed by atoms with Gasteiger partial charge in [0.05, 0.1) is 6.61 Å². The molecule has 0 bridgehead atoms. The van der Waals surface area contributed by atoms with Gasteiger partial charge in [0, 0.05) is 16.8 Å². The van der Waals surface area contributed by atoms with Gasteiger partial charge in [0.25, 0.3) is 0 Å². The smallest absolute Gasteiger partial charge is 0.0717 e.